The van der Waals surface area contributed by atoms with E-state index in [1.807, 2.05) is 0 Å². The molecule has 6 nitrogen and oxygen atoms in total. The molecule has 30 heavy (non-hydrogen) atoms. The Morgan fingerprint density at radius 2 is 1.60 bits per heavy atom. The van der Waals surface area contributed by atoms with Crippen LogP contribution in [-0.2, 0) is 4.79 Å². The molecule has 0 aromatic heterocycles. The summed E-state index contributed by atoms with van der Waals surface area (Å²) in [6.45, 7) is 0.254. The Labute approximate surface area is 171 Å². The molecular formula is C21H20F3N3O3. The number of likely N-dealkylation sites (tertiary alicyclic amines) is 1. The maximum absolute atomic E-state index is 13.8. The van der Waals surface area contributed by atoms with Crippen molar-refractivity contribution in [1.82, 2.24) is 15.5 Å². The van der Waals surface area contributed by atoms with Crippen molar-refractivity contribution in [2.75, 3.05) is 19.6 Å². The molecule has 1 fully saturated rings. The minimum absolute atomic E-state index is 0.188. The lowest BCUT2D eigenvalue weighted by Gasteiger charge is -2.32. The Morgan fingerprint density at radius 3 is 2.27 bits per heavy atom. The number of amides is 3. The van der Waals surface area contributed by atoms with Gasteiger partial charge in [-0.3, -0.25) is 14.4 Å². The smallest absolute Gasteiger partial charge is 0.256 e. The second kappa shape index (κ2) is 9.43. The molecule has 2 aromatic carbocycles. The van der Waals surface area contributed by atoms with Crippen LogP contribution in [0, 0.1) is 17.5 Å². The molecule has 1 saturated heterocycles. The van der Waals surface area contributed by atoms with Crippen LogP contribution in [0.2, 0.25) is 0 Å². The van der Waals surface area contributed by atoms with Gasteiger partial charge in [0.2, 0.25) is 5.91 Å². The summed E-state index contributed by atoms with van der Waals surface area (Å²) in [5, 5.41) is 5.31. The van der Waals surface area contributed by atoms with Crippen molar-refractivity contribution in [2.45, 2.75) is 18.9 Å². The van der Waals surface area contributed by atoms with E-state index in [1.165, 1.54) is 4.90 Å². The highest BCUT2D eigenvalue weighted by Crippen LogP contribution is 2.19. The molecule has 1 aliphatic rings. The number of piperidine rings is 1. The second-order valence-corrected chi connectivity index (χ2v) is 6.91. The summed E-state index contributed by atoms with van der Waals surface area (Å²) in [6, 6.07) is 9.89. The van der Waals surface area contributed by atoms with E-state index >= 15 is 0 Å². The zero-order valence-electron chi connectivity index (χ0n) is 16.0. The van der Waals surface area contributed by atoms with Crippen molar-refractivity contribution in [3.8, 4) is 0 Å². The highest BCUT2D eigenvalue weighted by molar-refractivity contribution is 5.96. The van der Waals surface area contributed by atoms with Gasteiger partial charge in [0.15, 0.2) is 17.5 Å². The number of benzene rings is 2. The topological polar surface area (TPSA) is 78.5 Å². The third-order valence-electron chi connectivity index (χ3n) is 4.86. The van der Waals surface area contributed by atoms with E-state index < -0.39 is 28.9 Å². The zero-order chi connectivity index (χ0) is 21.7. The van der Waals surface area contributed by atoms with Crippen LogP contribution in [0.1, 0.15) is 33.6 Å². The summed E-state index contributed by atoms with van der Waals surface area (Å²) in [5.41, 5.74) is -0.0819. The molecule has 158 valence electrons. The lowest BCUT2D eigenvalue weighted by molar-refractivity contribution is -0.121. The van der Waals surface area contributed by atoms with E-state index in [-0.39, 0.29) is 37.5 Å². The molecule has 9 heteroatoms. The zero-order valence-corrected chi connectivity index (χ0v) is 16.0. The van der Waals surface area contributed by atoms with Crippen LogP contribution in [0.5, 0.6) is 0 Å². The lowest BCUT2D eigenvalue weighted by Crippen LogP contribution is -2.48. The van der Waals surface area contributed by atoms with Gasteiger partial charge >= 0.3 is 0 Å². The normalized spacial score (nSPS) is 14.3. The fourth-order valence-electron chi connectivity index (χ4n) is 3.22. The number of hydrogen-bond donors (Lipinski definition) is 2. The average molecular weight is 419 g/mol. The number of hydrogen-bond acceptors (Lipinski definition) is 3. The SMILES string of the molecule is O=C(CNC(=O)c1ccccc1)NC1CCN(C(=O)c2ccc(F)c(F)c2F)CC1. The van der Waals surface area contributed by atoms with Crippen molar-refractivity contribution in [2.24, 2.45) is 0 Å². The van der Waals surface area contributed by atoms with Gasteiger partial charge in [0.05, 0.1) is 12.1 Å². The molecule has 0 unspecified atom stereocenters. The van der Waals surface area contributed by atoms with Crippen LogP contribution in [0.3, 0.4) is 0 Å². The number of halogens is 3. The van der Waals surface area contributed by atoms with Crippen LogP contribution >= 0.6 is 0 Å². The number of carbonyl (C=O) groups is 3. The van der Waals surface area contributed by atoms with Gasteiger partial charge in [-0.25, -0.2) is 13.2 Å². The van der Waals surface area contributed by atoms with Gasteiger partial charge in [0.1, 0.15) is 0 Å². The fraction of sp³-hybridized carbons (Fsp3) is 0.286. The van der Waals surface area contributed by atoms with Crippen LogP contribution in [0.25, 0.3) is 0 Å². The Bertz CT molecular complexity index is 945. The van der Waals surface area contributed by atoms with E-state index in [4.69, 9.17) is 0 Å². The summed E-state index contributed by atoms with van der Waals surface area (Å²) >= 11 is 0. The third-order valence-corrected chi connectivity index (χ3v) is 4.86. The van der Waals surface area contributed by atoms with Gasteiger partial charge in [0, 0.05) is 24.7 Å². The monoisotopic (exact) mass is 419 g/mol. The molecule has 0 bridgehead atoms. The molecule has 3 amide bonds. The number of nitrogens with one attached hydrogen (secondary N) is 2. The quantitative estimate of drug-likeness (QED) is 0.730. The van der Waals surface area contributed by atoms with Gasteiger partial charge in [-0.2, -0.15) is 0 Å². The van der Waals surface area contributed by atoms with Crippen molar-refractivity contribution < 1.29 is 27.6 Å². The Kier molecular flexibility index (Phi) is 6.71. The van der Waals surface area contributed by atoms with Gasteiger partial charge in [-0.1, -0.05) is 18.2 Å². The number of rotatable bonds is 5. The molecule has 2 N–H and O–H groups in total. The predicted molar refractivity (Wildman–Crippen MR) is 102 cm³/mol. The maximum atomic E-state index is 13.8. The van der Waals surface area contributed by atoms with Crippen LogP contribution in [-0.4, -0.2) is 48.3 Å². The predicted octanol–water partition coefficient (Wildman–Crippen LogP) is 2.25. The van der Waals surface area contributed by atoms with Crippen molar-refractivity contribution in [3.05, 3.63) is 71.0 Å². The highest BCUT2D eigenvalue weighted by atomic mass is 19.2. The van der Waals surface area contributed by atoms with Crippen LogP contribution in [0.15, 0.2) is 42.5 Å². The van der Waals surface area contributed by atoms with E-state index in [0.717, 1.165) is 6.07 Å². The average Bonchev–Trinajstić information content (AvgIpc) is 2.76. The largest absolute Gasteiger partial charge is 0.352 e. The van der Waals surface area contributed by atoms with Gasteiger partial charge in [-0.15, -0.1) is 0 Å². The summed E-state index contributed by atoms with van der Waals surface area (Å²) < 4.78 is 40.2. The molecule has 1 heterocycles. The number of nitrogens with zero attached hydrogens (tertiary/aromatic N) is 1. The Hall–Kier alpha value is -3.36. The molecule has 0 spiro atoms. The summed E-state index contributed by atoms with van der Waals surface area (Å²) in [4.78, 5) is 37.7. The standard InChI is InChI=1S/C21H20F3N3O3/c22-16-7-6-15(18(23)19(16)24)21(30)27-10-8-14(9-11-27)26-17(28)12-25-20(29)13-4-2-1-3-5-13/h1-7,14H,8-12H2,(H,25,29)(H,26,28). The molecular weight excluding hydrogens is 399 g/mol. The lowest BCUT2D eigenvalue weighted by atomic mass is 10.0. The van der Waals surface area contributed by atoms with E-state index in [9.17, 15) is 27.6 Å². The van der Waals surface area contributed by atoms with E-state index in [2.05, 4.69) is 10.6 Å². The molecule has 0 atom stereocenters. The summed E-state index contributed by atoms with van der Waals surface area (Å²) in [5.74, 6) is -6.00. The molecule has 1 aliphatic heterocycles. The first-order valence-electron chi connectivity index (χ1n) is 9.42. The first-order chi connectivity index (χ1) is 14.4. The summed E-state index contributed by atoms with van der Waals surface area (Å²) in [6.07, 6.45) is 0.824. The number of carbonyl (C=O) groups excluding carboxylic acids is 3. The first-order valence-corrected chi connectivity index (χ1v) is 9.42. The van der Waals surface area contributed by atoms with Gasteiger partial charge in [0.25, 0.3) is 11.8 Å². The fourth-order valence-corrected chi connectivity index (χ4v) is 3.22. The first kappa shape index (κ1) is 21.4. The molecule has 3 rings (SSSR count). The van der Waals surface area contributed by atoms with Gasteiger partial charge in [-0.05, 0) is 37.1 Å². The van der Waals surface area contributed by atoms with E-state index in [0.29, 0.717) is 24.5 Å². The summed E-state index contributed by atoms with van der Waals surface area (Å²) in [7, 11) is 0. The minimum atomic E-state index is -1.68. The highest BCUT2D eigenvalue weighted by Gasteiger charge is 2.27. The van der Waals surface area contributed by atoms with Crippen molar-refractivity contribution in [3.63, 3.8) is 0 Å². The Balaban J connectivity index is 1.46. The second-order valence-electron chi connectivity index (χ2n) is 6.91. The van der Waals surface area contributed by atoms with Crippen molar-refractivity contribution in [1.29, 1.82) is 0 Å². The maximum Gasteiger partial charge on any atom is 0.256 e. The van der Waals surface area contributed by atoms with Crippen LogP contribution < -0.4 is 10.6 Å². The van der Waals surface area contributed by atoms with E-state index in [1.54, 1.807) is 30.3 Å². The molecule has 2 aromatic rings. The van der Waals surface area contributed by atoms with Crippen molar-refractivity contribution >= 4 is 17.7 Å². The molecule has 0 saturated carbocycles. The Morgan fingerprint density at radius 1 is 0.933 bits per heavy atom. The van der Waals surface area contributed by atoms with Gasteiger partial charge < -0.3 is 15.5 Å². The molecule has 0 radical (unpaired) electrons. The minimum Gasteiger partial charge on any atom is -0.352 e. The van der Waals surface area contributed by atoms with Crippen LogP contribution in [0.4, 0.5) is 13.2 Å². The molecule has 0 aliphatic carbocycles. The third kappa shape index (κ3) is 4.97.